The van der Waals surface area contributed by atoms with E-state index in [1.807, 2.05) is 63.2 Å². The number of hydrogen-bond acceptors (Lipinski definition) is 4. The normalized spacial score (nSPS) is 20.8. The Morgan fingerprint density at radius 2 is 1.78 bits per heavy atom. The molecule has 5 heteroatoms. The van der Waals surface area contributed by atoms with Crippen LogP contribution in [0.1, 0.15) is 56.6 Å². The predicted octanol–water partition coefficient (Wildman–Crippen LogP) is 6.01. The number of ether oxygens (including phenoxy) is 1. The van der Waals surface area contributed by atoms with Crippen molar-refractivity contribution in [2.75, 3.05) is 6.61 Å². The van der Waals surface area contributed by atoms with Gasteiger partial charge in [-0.3, -0.25) is 4.79 Å². The van der Waals surface area contributed by atoms with Crippen molar-refractivity contribution in [3.8, 4) is 0 Å². The van der Waals surface area contributed by atoms with E-state index in [1.165, 1.54) is 0 Å². The second kappa shape index (κ2) is 9.45. The first-order chi connectivity index (χ1) is 15.4. The summed E-state index contributed by atoms with van der Waals surface area (Å²) in [6, 6.07) is 18.0. The lowest BCUT2D eigenvalue weighted by atomic mass is 9.72. The topological polar surface area (TPSA) is 55.4 Å². The van der Waals surface area contributed by atoms with Crippen LogP contribution in [0.25, 0.3) is 0 Å². The lowest BCUT2D eigenvalue weighted by Gasteiger charge is -2.37. The number of allylic oxidation sites excluding steroid dienone is 3. The fourth-order valence-electron chi connectivity index (χ4n) is 4.61. The molecule has 0 spiro atoms. The van der Waals surface area contributed by atoms with Crippen molar-refractivity contribution in [3.05, 3.63) is 92.7 Å². The maximum absolute atomic E-state index is 13.6. The summed E-state index contributed by atoms with van der Waals surface area (Å²) in [5, 5.41) is 3.41. The number of carbonyl (C=O) groups is 2. The first kappa shape index (κ1) is 22.5. The van der Waals surface area contributed by atoms with Crippen molar-refractivity contribution in [2.24, 2.45) is 5.92 Å². The van der Waals surface area contributed by atoms with Gasteiger partial charge in [-0.25, -0.2) is 4.79 Å². The van der Waals surface area contributed by atoms with Gasteiger partial charge in [0.15, 0.2) is 5.78 Å². The number of halogens is 1. The molecule has 0 unspecified atom stereocenters. The number of rotatable bonds is 5. The van der Waals surface area contributed by atoms with Gasteiger partial charge in [-0.2, -0.15) is 0 Å². The van der Waals surface area contributed by atoms with E-state index in [1.54, 1.807) is 0 Å². The van der Waals surface area contributed by atoms with Gasteiger partial charge in [0.25, 0.3) is 0 Å². The largest absolute Gasteiger partial charge is 0.462 e. The van der Waals surface area contributed by atoms with Gasteiger partial charge >= 0.3 is 5.97 Å². The quantitative estimate of drug-likeness (QED) is 0.518. The molecule has 0 radical (unpaired) electrons. The maximum atomic E-state index is 13.6. The molecule has 0 fully saturated rings. The van der Waals surface area contributed by atoms with Crippen LogP contribution in [0.2, 0.25) is 0 Å². The molecular weight excluding hydrogens is 466 g/mol. The Kier molecular flexibility index (Phi) is 6.66. The van der Waals surface area contributed by atoms with Crippen LogP contribution in [0.3, 0.4) is 0 Å². The molecule has 0 saturated heterocycles. The SMILES string of the molecule is CC1=C(C(=O)OCC(C)C)[C@@H](c2ccccc2Br)C2=C(C[C@@H](c3ccccc3)CC2=O)N1. The third-order valence-electron chi connectivity index (χ3n) is 6.08. The highest BCUT2D eigenvalue weighted by Gasteiger charge is 2.42. The summed E-state index contributed by atoms with van der Waals surface area (Å²) < 4.78 is 6.50. The van der Waals surface area contributed by atoms with E-state index >= 15 is 0 Å². The minimum atomic E-state index is -0.453. The molecule has 0 saturated carbocycles. The van der Waals surface area contributed by atoms with E-state index in [9.17, 15) is 9.59 Å². The molecule has 32 heavy (non-hydrogen) atoms. The van der Waals surface area contributed by atoms with Crippen LogP contribution in [0.15, 0.2) is 81.6 Å². The number of hydrogen-bond donors (Lipinski definition) is 1. The van der Waals surface area contributed by atoms with Crippen molar-refractivity contribution in [3.63, 3.8) is 0 Å². The molecule has 4 nitrogen and oxygen atoms in total. The van der Waals surface area contributed by atoms with Gasteiger partial charge in [0.1, 0.15) is 0 Å². The van der Waals surface area contributed by atoms with Crippen molar-refractivity contribution >= 4 is 27.7 Å². The van der Waals surface area contributed by atoms with Crippen LogP contribution in [-0.4, -0.2) is 18.4 Å². The fraction of sp³-hybridized carbons (Fsp3) is 0.333. The maximum Gasteiger partial charge on any atom is 0.336 e. The smallest absolute Gasteiger partial charge is 0.336 e. The van der Waals surface area contributed by atoms with Gasteiger partial charge in [-0.15, -0.1) is 0 Å². The van der Waals surface area contributed by atoms with Crippen LogP contribution in [0.5, 0.6) is 0 Å². The number of esters is 1. The zero-order valence-corrected chi connectivity index (χ0v) is 20.2. The summed E-state index contributed by atoms with van der Waals surface area (Å²) in [5.74, 6) is -0.386. The summed E-state index contributed by atoms with van der Waals surface area (Å²) in [6.07, 6.45) is 1.16. The lowest BCUT2D eigenvalue weighted by Crippen LogP contribution is -2.36. The summed E-state index contributed by atoms with van der Waals surface area (Å²) in [6.45, 7) is 6.26. The molecule has 0 bridgehead atoms. The highest BCUT2D eigenvalue weighted by molar-refractivity contribution is 9.10. The lowest BCUT2D eigenvalue weighted by molar-refractivity contribution is -0.140. The van der Waals surface area contributed by atoms with Crippen LogP contribution in [0, 0.1) is 5.92 Å². The van der Waals surface area contributed by atoms with E-state index in [-0.39, 0.29) is 23.6 Å². The third kappa shape index (κ3) is 4.44. The Balaban J connectivity index is 1.78. The van der Waals surface area contributed by atoms with Gasteiger partial charge in [0, 0.05) is 33.8 Å². The van der Waals surface area contributed by atoms with Gasteiger partial charge in [0.05, 0.1) is 12.2 Å². The monoisotopic (exact) mass is 493 g/mol. The Morgan fingerprint density at radius 1 is 1.09 bits per heavy atom. The van der Waals surface area contributed by atoms with Gasteiger partial charge in [-0.05, 0) is 42.4 Å². The number of ketones is 1. The van der Waals surface area contributed by atoms with Gasteiger partial charge in [0.2, 0.25) is 0 Å². The fourth-order valence-corrected chi connectivity index (χ4v) is 5.12. The van der Waals surface area contributed by atoms with Gasteiger partial charge < -0.3 is 10.1 Å². The van der Waals surface area contributed by atoms with Gasteiger partial charge in [-0.1, -0.05) is 78.3 Å². The molecular formula is C27H28BrNO3. The molecule has 4 rings (SSSR count). The summed E-state index contributed by atoms with van der Waals surface area (Å²) in [7, 11) is 0. The minimum absolute atomic E-state index is 0.0787. The van der Waals surface area contributed by atoms with E-state index in [0.717, 1.165) is 33.4 Å². The first-order valence-electron chi connectivity index (χ1n) is 11.1. The second-order valence-corrected chi connectivity index (χ2v) is 9.80. The van der Waals surface area contributed by atoms with Crippen LogP contribution >= 0.6 is 15.9 Å². The molecule has 0 amide bonds. The minimum Gasteiger partial charge on any atom is -0.462 e. The molecule has 1 aliphatic carbocycles. The molecule has 1 heterocycles. The Hall–Kier alpha value is -2.66. The van der Waals surface area contributed by atoms with Crippen molar-refractivity contribution in [1.29, 1.82) is 0 Å². The molecule has 1 N–H and O–H groups in total. The number of Topliss-reactive ketones (excluding diaryl/α,β-unsaturated/α-hetero) is 1. The number of nitrogens with one attached hydrogen (secondary N) is 1. The number of carbonyl (C=O) groups excluding carboxylic acids is 2. The molecule has 1 aliphatic heterocycles. The molecule has 2 aromatic rings. The third-order valence-corrected chi connectivity index (χ3v) is 6.80. The Morgan fingerprint density at radius 3 is 2.47 bits per heavy atom. The molecule has 166 valence electrons. The average Bonchev–Trinajstić information content (AvgIpc) is 2.77. The van der Waals surface area contributed by atoms with Crippen molar-refractivity contribution in [2.45, 2.75) is 45.4 Å². The van der Waals surface area contributed by atoms with E-state index in [0.29, 0.717) is 24.2 Å². The Labute approximate surface area is 197 Å². The van der Waals surface area contributed by atoms with E-state index in [2.05, 4.69) is 33.4 Å². The van der Waals surface area contributed by atoms with E-state index < -0.39 is 5.92 Å². The second-order valence-electron chi connectivity index (χ2n) is 8.94. The Bertz CT molecular complexity index is 1100. The van der Waals surface area contributed by atoms with Crippen molar-refractivity contribution in [1.82, 2.24) is 5.32 Å². The summed E-state index contributed by atoms with van der Waals surface area (Å²) in [5.41, 5.74) is 4.93. The molecule has 2 aromatic carbocycles. The predicted molar refractivity (Wildman–Crippen MR) is 129 cm³/mol. The highest BCUT2D eigenvalue weighted by Crippen LogP contribution is 2.47. The highest BCUT2D eigenvalue weighted by atomic mass is 79.9. The zero-order valence-electron chi connectivity index (χ0n) is 18.7. The summed E-state index contributed by atoms with van der Waals surface area (Å²) >= 11 is 3.65. The van der Waals surface area contributed by atoms with Crippen molar-refractivity contribution < 1.29 is 14.3 Å². The van der Waals surface area contributed by atoms with Crippen LogP contribution < -0.4 is 5.32 Å². The number of dihydropyridines is 1. The van der Waals surface area contributed by atoms with Crippen LogP contribution in [0.4, 0.5) is 0 Å². The zero-order chi connectivity index (χ0) is 22.8. The molecule has 2 atom stereocenters. The van der Waals surface area contributed by atoms with E-state index in [4.69, 9.17) is 4.74 Å². The number of benzene rings is 2. The average molecular weight is 494 g/mol. The van der Waals surface area contributed by atoms with Crippen LogP contribution in [-0.2, 0) is 14.3 Å². The standard InChI is InChI=1S/C27H28BrNO3/c1-16(2)15-32-27(31)24-17(3)29-22-13-19(18-9-5-4-6-10-18)14-23(30)26(22)25(24)20-11-7-8-12-21(20)28/h4-12,16,19,25,29H,13-15H2,1-3H3/t19-,25-/m1/s1. The molecule has 0 aromatic heterocycles. The summed E-state index contributed by atoms with van der Waals surface area (Å²) in [4.78, 5) is 26.8. The molecule has 2 aliphatic rings. The first-order valence-corrected chi connectivity index (χ1v) is 11.9.